The molecule has 0 spiro atoms. The minimum atomic E-state index is 0.259. The van der Waals surface area contributed by atoms with Crippen LogP contribution < -0.4 is 0 Å². The Bertz CT molecular complexity index is 308. The molecule has 1 rings (SSSR count). The molecule has 21 heavy (non-hydrogen) atoms. The van der Waals surface area contributed by atoms with Crippen molar-refractivity contribution >= 4 is 16.9 Å². The molecule has 2 heteroatoms. The standard InChI is InChI=1S/C19H32OS/c1-18(20)21-17-13-9-7-5-3-2-4-6-8-10-14-19-15-11-12-16-19/h11-12,15-16,19H,2-10,13-14,17H2,1H3. The Labute approximate surface area is 135 Å². The second-order valence-electron chi connectivity index (χ2n) is 6.10. The Morgan fingerprint density at radius 2 is 1.29 bits per heavy atom. The topological polar surface area (TPSA) is 17.1 Å². The summed E-state index contributed by atoms with van der Waals surface area (Å²) in [5, 5.41) is 0.259. The van der Waals surface area contributed by atoms with Crippen LogP contribution in [0.5, 0.6) is 0 Å². The molecule has 1 aliphatic rings. The van der Waals surface area contributed by atoms with Crippen molar-refractivity contribution in [3.05, 3.63) is 24.3 Å². The first-order chi connectivity index (χ1) is 10.3. The lowest BCUT2D eigenvalue weighted by Crippen LogP contribution is -1.89. The van der Waals surface area contributed by atoms with Crippen molar-refractivity contribution in [2.45, 2.75) is 77.6 Å². The number of allylic oxidation sites excluding steroid dienone is 4. The van der Waals surface area contributed by atoms with E-state index in [0.717, 1.165) is 11.7 Å². The van der Waals surface area contributed by atoms with Gasteiger partial charge in [-0.3, -0.25) is 4.79 Å². The van der Waals surface area contributed by atoms with Crippen molar-refractivity contribution in [2.75, 3.05) is 5.75 Å². The monoisotopic (exact) mass is 308 g/mol. The highest BCUT2D eigenvalue weighted by atomic mass is 32.2. The van der Waals surface area contributed by atoms with Gasteiger partial charge < -0.3 is 0 Å². The molecule has 0 heterocycles. The molecule has 0 aromatic heterocycles. The van der Waals surface area contributed by atoms with E-state index in [1.807, 2.05) is 0 Å². The summed E-state index contributed by atoms with van der Waals surface area (Å²) in [5.41, 5.74) is 0. The molecule has 0 atom stereocenters. The Kier molecular flexibility index (Phi) is 11.6. The molecule has 0 aliphatic heterocycles. The zero-order valence-electron chi connectivity index (χ0n) is 13.7. The lowest BCUT2D eigenvalue weighted by molar-refractivity contribution is -0.109. The molecule has 0 aromatic rings. The number of unbranched alkanes of at least 4 members (excludes halogenated alkanes) is 9. The highest BCUT2D eigenvalue weighted by molar-refractivity contribution is 8.13. The van der Waals surface area contributed by atoms with E-state index in [4.69, 9.17) is 0 Å². The van der Waals surface area contributed by atoms with Crippen LogP contribution in [0.2, 0.25) is 0 Å². The Hall–Kier alpha value is -0.500. The molecular weight excluding hydrogens is 276 g/mol. The number of hydrogen-bond donors (Lipinski definition) is 0. The van der Waals surface area contributed by atoms with Crippen molar-refractivity contribution in [1.29, 1.82) is 0 Å². The summed E-state index contributed by atoms with van der Waals surface area (Å²) in [4.78, 5) is 10.8. The average Bonchev–Trinajstić information content (AvgIpc) is 2.97. The molecular formula is C19H32OS. The van der Waals surface area contributed by atoms with Crippen LogP contribution >= 0.6 is 11.8 Å². The number of hydrogen-bond acceptors (Lipinski definition) is 2. The van der Waals surface area contributed by atoms with Crippen molar-refractivity contribution < 1.29 is 4.79 Å². The van der Waals surface area contributed by atoms with Crippen LogP contribution in [0.15, 0.2) is 24.3 Å². The fraction of sp³-hybridized carbons (Fsp3) is 0.737. The van der Waals surface area contributed by atoms with Gasteiger partial charge in [0, 0.05) is 12.7 Å². The third kappa shape index (κ3) is 11.8. The first-order valence-corrected chi connectivity index (χ1v) is 9.76. The van der Waals surface area contributed by atoms with Crippen molar-refractivity contribution in [2.24, 2.45) is 5.92 Å². The number of carbonyl (C=O) groups excluding carboxylic acids is 1. The third-order valence-corrected chi connectivity index (χ3v) is 4.96. The van der Waals surface area contributed by atoms with Gasteiger partial charge in [-0.15, -0.1) is 0 Å². The second kappa shape index (κ2) is 13.2. The number of rotatable bonds is 13. The molecule has 0 N–H and O–H groups in total. The van der Waals surface area contributed by atoms with Gasteiger partial charge in [0.2, 0.25) is 0 Å². The van der Waals surface area contributed by atoms with E-state index in [1.165, 1.54) is 82.4 Å². The summed E-state index contributed by atoms with van der Waals surface area (Å²) in [6, 6.07) is 0. The maximum absolute atomic E-state index is 10.8. The van der Waals surface area contributed by atoms with Crippen LogP contribution in [0.1, 0.15) is 77.6 Å². The van der Waals surface area contributed by atoms with Crippen LogP contribution in [0, 0.1) is 5.92 Å². The van der Waals surface area contributed by atoms with Gasteiger partial charge in [-0.05, 0) is 18.8 Å². The third-order valence-electron chi connectivity index (χ3n) is 4.06. The van der Waals surface area contributed by atoms with Crippen LogP contribution in [0.25, 0.3) is 0 Å². The van der Waals surface area contributed by atoms with E-state index in [9.17, 15) is 4.79 Å². The van der Waals surface area contributed by atoms with Crippen LogP contribution in [-0.2, 0) is 4.79 Å². The Morgan fingerprint density at radius 1 is 0.810 bits per heavy atom. The fourth-order valence-corrected chi connectivity index (χ4v) is 3.42. The quantitative estimate of drug-likeness (QED) is 0.371. The van der Waals surface area contributed by atoms with E-state index < -0.39 is 0 Å². The first kappa shape index (κ1) is 18.5. The van der Waals surface area contributed by atoms with E-state index >= 15 is 0 Å². The minimum absolute atomic E-state index is 0.259. The van der Waals surface area contributed by atoms with Crippen molar-refractivity contribution in [3.8, 4) is 0 Å². The zero-order chi connectivity index (χ0) is 15.2. The van der Waals surface area contributed by atoms with E-state index in [-0.39, 0.29) is 5.12 Å². The average molecular weight is 309 g/mol. The van der Waals surface area contributed by atoms with Gasteiger partial charge in [0.15, 0.2) is 5.12 Å². The lowest BCUT2D eigenvalue weighted by atomic mass is 10.0. The molecule has 1 nitrogen and oxygen atoms in total. The van der Waals surface area contributed by atoms with Crippen molar-refractivity contribution in [1.82, 2.24) is 0 Å². The molecule has 0 fully saturated rings. The second-order valence-corrected chi connectivity index (χ2v) is 7.37. The minimum Gasteiger partial charge on any atom is -0.288 e. The zero-order valence-corrected chi connectivity index (χ0v) is 14.5. The normalized spacial score (nSPS) is 14.1. The molecule has 0 amide bonds. The predicted molar refractivity (Wildman–Crippen MR) is 95.7 cm³/mol. The van der Waals surface area contributed by atoms with Crippen LogP contribution in [0.3, 0.4) is 0 Å². The number of thioether (sulfide) groups is 1. The SMILES string of the molecule is CC(=O)SCCCCCCCCCCCCC1C=CC=C1. The highest BCUT2D eigenvalue weighted by Gasteiger charge is 2.02. The molecule has 0 saturated heterocycles. The van der Waals surface area contributed by atoms with Gasteiger partial charge in [-0.2, -0.15) is 0 Å². The molecule has 0 aromatic carbocycles. The summed E-state index contributed by atoms with van der Waals surface area (Å²) in [6.45, 7) is 1.66. The van der Waals surface area contributed by atoms with E-state index in [1.54, 1.807) is 6.92 Å². The van der Waals surface area contributed by atoms with E-state index in [2.05, 4.69) is 24.3 Å². The summed E-state index contributed by atoms with van der Waals surface area (Å²) < 4.78 is 0. The van der Waals surface area contributed by atoms with Crippen LogP contribution in [0.4, 0.5) is 0 Å². The molecule has 0 unspecified atom stereocenters. The summed E-state index contributed by atoms with van der Waals surface area (Å²) >= 11 is 1.47. The Morgan fingerprint density at radius 3 is 1.81 bits per heavy atom. The molecule has 0 saturated carbocycles. The summed E-state index contributed by atoms with van der Waals surface area (Å²) in [5.74, 6) is 1.74. The maximum atomic E-state index is 10.8. The van der Waals surface area contributed by atoms with Crippen LogP contribution in [-0.4, -0.2) is 10.9 Å². The van der Waals surface area contributed by atoms with Gasteiger partial charge in [0.1, 0.15) is 0 Å². The molecule has 0 bridgehead atoms. The maximum Gasteiger partial charge on any atom is 0.185 e. The van der Waals surface area contributed by atoms with Gasteiger partial charge in [-0.25, -0.2) is 0 Å². The number of carbonyl (C=O) groups is 1. The van der Waals surface area contributed by atoms with Gasteiger partial charge >= 0.3 is 0 Å². The van der Waals surface area contributed by atoms with Crippen molar-refractivity contribution in [3.63, 3.8) is 0 Å². The molecule has 1 aliphatic carbocycles. The van der Waals surface area contributed by atoms with E-state index in [0.29, 0.717) is 0 Å². The van der Waals surface area contributed by atoms with Gasteiger partial charge in [-0.1, -0.05) is 93.9 Å². The molecule has 120 valence electrons. The lowest BCUT2D eigenvalue weighted by Gasteiger charge is -2.05. The fourth-order valence-electron chi connectivity index (χ4n) is 2.78. The predicted octanol–water partition coefficient (Wildman–Crippen LogP) is 6.30. The Balaban J connectivity index is 1.70. The summed E-state index contributed by atoms with van der Waals surface area (Å²) in [6.07, 6.45) is 23.9. The largest absolute Gasteiger partial charge is 0.288 e. The highest BCUT2D eigenvalue weighted by Crippen LogP contribution is 2.18. The van der Waals surface area contributed by atoms with Gasteiger partial charge in [0.05, 0.1) is 0 Å². The summed E-state index contributed by atoms with van der Waals surface area (Å²) in [7, 11) is 0. The first-order valence-electron chi connectivity index (χ1n) is 8.77. The smallest absolute Gasteiger partial charge is 0.185 e. The van der Waals surface area contributed by atoms with Gasteiger partial charge in [0.25, 0.3) is 0 Å². The molecule has 0 radical (unpaired) electrons.